The number of fused-ring (bicyclic) bond motifs is 3. The van der Waals surface area contributed by atoms with Crippen molar-refractivity contribution in [2.24, 2.45) is 0 Å². The molecule has 1 N–H and O–H groups in total. The Hall–Kier alpha value is -5.97. The zero-order valence-electron chi connectivity index (χ0n) is 32.8. The van der Waals surface area contributed by atoms with Crippen molar-refractivity contribution in [3.8, 4) is 56.2 Å². The van der Waals surface area contributed by atoms with E-state index in [2.05, 4.69) is 119 Å². The first-order valence-electron chi connectivity index (χ1n) is 19.0. The van der Waals surface area contributed by atoms with Crippen LogP contribution in [0.2, 0.25) is 0 Å². The molecule has 0 amide bonds. The quantitative estimate of drug-likeness (QED) is 0.174. The predicted molar refractivity (Wildman–Crippen MR) is 229 cm³/mol. The van der Waals surface area contributed by atoms with Crippen molar-refractivity contribution in [2.75, 3.05) is 0 Å². The molecular formula is C50H42N5OPt-. The molecule has 0 spiro atoms. The Morgan fingerprint density at radius 3 is 2.02 bits per heavy atom. The van der Waals surface area contributed by atoms with Crippen LogP contribution in [0.3, 0.4) is 0 Å². The van der Waals surface area contributed by atoms with Gasteiger partial charge < -0.3 is 14.7 Å². The summed E-state index contributed by atoms with van der Waals surface area (Å²) in [5, 5.41) is 13.5. The van der Waals surface area contributed by atoms with Crippen LogP contribution in [0.1, 0.15) is 52.7 Å². The summed E-state index contributed by atoms with van der Waals surface area (Å²) in [6.45, 7) is 13.3. The van der Waals surface area contributed by atoms with Gasteiger partial charge in [-0.2, -0.15) is 0 Å². The Morgan fingerprint density at radius 1 is 0.579 bits per heavy atom. The maximum absolute atomic E-state index is 11.5. The second-order valence-corrected chi connectivity index (χ2v) is 16.6. The molecule has 0 bridgehead atoms. The van der Waals surface area contributed by atoms with Gasteiger partial charge >= 0.3 is 0 Å². The van der Waals surface area contributed by atoms with E-state index >= 15 is 0 Å². The molecule has 0 saturated carbocycles. The summed E-state index contributed by atoms with van der Waals surface area (Å²) in [5.74, 6) is 0.888. The van der Waals surface area contributed by atoms with Gasteiger partial charge in [0.2, 0.25) is 0 Å². The van der Waals surface area contributed by atoms with Crippen LogP contribution in [0.5, 0.6) is 5.75 Å². The summed E-state index contributed by atoms with van der Waals surface area (Å²) < 4.78 is 2.23. The Morgan fingerprint density at radius 2 is 1.26 bits per heavy atom. The number of aromatic nitrogens is 5. The van der Waals surface area contributed by atoms with Crippen LogP contribution < -0.4 is 0 Å². The number of benzene rings is 6. The fourth-order valence-electron chi connectivity index (χ4n) is 7.59. The number of nitrogens with zero attached hydrogens (tertiary/aromatic N) is 5. The van der Waals surface area contributed by atoms with Crippen LogP contribution in [-0.4, -0.2) is 29.6 Å². The summed E-state index contributed by atoms with van der Waals surface area (Å²) in [6.07, 6.45) is 7.15. The minimum Gasteiger partial charge on any atom is -0.507 e. The third-order valence-corrected chi connectivity index (χ3v) is 10.7. The first kappa shape index (κ1) is 37.9. The molecule has 9 aromatic rings. The summed E-state index contributed by atoms with van der Waals surface area (Å²) in [5.41, 5.74) is 12.6. The maximum Gasteiger partial charge on any atom is 0.124 e. The normalized spacial score (nSPS) is 12.0. The minimum atomic E-state index is -0.114. The predicted octanol–water partition coefficient (Wildman–Crippen LogP) is 12.3. The Labute approximate surface area is 347 Å². The van der Waals surface area contributed by atoms with E-state index < -0.39 is 0 Å². The first-order chi connectivity index (χ1) is 26.9. The molecule has 3 aromatic heterocycles. The molecule has 3 heterocycles. The molecule has 0 fully saturated rings. The second-order valence-electron chi connectivity index (χ2n) is 16.6. The van der Waals surface area contributed by atoms with E-state index in [1.54, 1.807) is 12.4 Å². The van der Waals surface area contributed by atoms with Gasteiger partial charge in [0, 0.05) is 55.8 Å². The van der Waals surface area contributed by atoms with Crippen molar-refractivity contribution in [3.63, 3.8) is 0 Å². The van der Waals surface area contributed by atoms with Gasteiger partial charge in [0.05, 0.1) is 27.9 Å². The molecule has 6 nitrogen and oxygen atoms in total. The van der Waals surface area contributed by atoms with Gasteiger partial charge in [0.1, 0.15) is 5.75 Å². The van der Waals surface area contributed by atoms with Crippen molar-refractivity contribution in [3.05, 3.63) is 157 Å². The van der Waals surface area contributed by atoms with Gasteiger partial charge in [-0.25, -0.2) is 0 Å². The van der Waals surface area contributed by atoms with Gasteiger partial charge in [-0.15, -0.1) is 6.07 Å². The fraction of sp³-hybridized carbons (Fsp3) is 0.160. The van der Waals surface area contributed by atoms with Crippen LogP contribution in [0.25, 0.3) is 83.3 Å². The van der Waals surface area contributed by atoms with Crippen LogP contribution in [0.4, 0.5) is 0 Å². The second kappa shape index (κ2) is 14.5. The molecule has 0 saturated heterocycles. The molecular weight excluding hydrogens is 882 g/mol. The van der Waals surface area contributed by atoms with Gasteiger partial charge in [-0.05, 0) is 87.1 Å². The van der Waals surface area contributed by atoms with Gasteiger partial charge in [0.25, 0.3) is 0 Å². The maximum atomic E-state index is 11.5. The topological polar surface area (TPSA) is 76.7 Å². The zero-order chi connectivity index (χ0) is 38.8. The molecule has 0 aliphatic carbocycles. The number of imidazole rings is 1. The molecule has 0 aliphatic rings. The molecule has 284 valence electrons. The number of para-hydroxylation sites is 1. The number of aromatic hydroxyl groups is 1. The number of pyridine rings is 1. The number of phenols is 1. The van der Waals surface area contributed by atoms with E-state index in [0.29, 0.717) is 5.82 Å². The van der Waals surface area contributed by atoms with Crippen molar-refractivity contribution in [1.29, 1.82) is 0 Å². The van der Waals surface area contributed by atoms with E-state index in [4.69, 9.17) is 19.9 Å². The molecule has 57 heavy (non-hydrogen) atoms. The van der Waals surface area contributed by atoms with E-state index in [0.717, 1.165) is 83.0 Å². The van der Waals surface area contributed by atoms with Gasteiger partial charge in [0.15, 0.2) is 0 Å². The van der Waals surface area contributed by atoms with E-state index in [-0.39, 0.29) is 37.6 Å². The smallest absolute Gasteiger partial charge is 0.124 e. The third kappa shape index (κ3) is 6.93. The van der Waals surface area contributed by atoms with Crippen LogP contribution in [0.15, 0.2) is 140 Å². The number of rotatable bonds is 5. The monoisotopic (exact) mass is 923 g/mol. The Kier molecular flexibility index (Phi) is 9.66. The van der Waals surface area contributed by atoms with Crippen LogP contribution in [-0.2, 0) is 31.9 Å². The standard InChI is InChI=1S/C50H42N5O.Pt/c1-49(2,3)36-19-20-43(39(26-36)31-13-8-7-9-14-31)55-44-18-12-17-38(41-24-32-15-10-11-16-33(32)25-45(41)56)47(44)54-48(55)35-23-34(29-51-30-35)40-27-37(50(4,5)6)28-42-46(40)53-22-21-52-42;/h7-22,24-30,56H,1-6H3;/q-1;. The first-order valence-corrected chi connectivity index (χ1v) is 19.0. The van der Waals surface area contributed by atoms with Crippen molar-refractivity contribution >= 4 is 32.8 Å². The summed E-state index contributed by atoms with van der Waals surface area (Å²) in [4.78, 5) is 19.8. The van der Waals surface area contributed by atoms with Crippen molar-refractivity contribution < 1.29 is 26.2 Å². The molecule has 7 heteroatoms. The van der Waals surface area contributed by atoms with Crippen molar-refractivity contribution in [1.82, 2.24) is 24.5 Å². The molecule has 0 unspecified atom stereocenters. The average Bonchev–Trinajstić information content (AvgIpc) is 3.59. The van der Waals surface area contributed by atoms with E-state index in [1.165, 1.54) is 5.56 Å². The minimum absolute atomic E-state index is 0. The van der Waals surface area contributed by atoms with Crippen molar-refractivity contribution in [2.45, 2.75) is 52.4 Å². The number of hydrogen-bond acceptors (Lipinski definition) is 5. The van der Waals surface area contributed by atoms with E-state index in [9.17, 15) is 5.11 Å². The van der Waals surface area contributed by atoms with Crippen LogP contribution >= 0.6 is 0 Å². The molecule has 6 aromatic carbocycles. The number of hydrogen-bond donors (Lipinski definition) is 1. The summed E-state index contributed by atoms with van der Waals surface area (Å²) >= 11 is 0. The van der Waals surface area contributed by atoms with Gasteiger partial charge in [-0.3, -0.25) is 15.0 Å². The average molecular weight is 924 g/mol. The Bertz CT molecular complexity index is 2960. The fourth-order valence-corrected chi connectivity index (χ4v) is 7.59. The van der Waals surface area contributed by atoms with Gasteiger partial charge in [-0.1, -0.05) is 137 Å². The molecule has 0 aliphatic heterocycles. The molecule has 9 rings (SSSR count). The largest absolute Gasteiger partial charge is 0.507 e. The summed E-state index contributed by atoms with van der Waals surface area (Å²) in [6, 6.07) is 43.5. The number of phenolic OH excluding ortho intramolecular Hbond substituents is 1. The Balaban J connectivity index is 0.00000455. The zero-order valence-corrected chi connectivity index (χ0v) is 35.1. The SMILES string of the molecule is CC(C)(C)c1ccc(-n2c(-c3[c-]c(-c4cc(C(C)(C)C)cc5nccnc45)cnc3)nc3c(-c4cc5ccccc5cc4O)cccc32)c(-c2ccccc2)c1.[Pt]. The summed E-state index contributed by atoms with van der Waals surface area (Å²) in [7, 11) is 0. The third-order valence-electron chi connectivity index (χ3n) is 10.7. The molecule has 0 atom stereocenters. The van der Waals surface area contributed by atoms with Crippen LogP contribution in [0, 0.1) is 6.07 Å². The van der Waals surface area contributed by atoms with E-state index in [1.807, 2.05) is 60.9 Å². The molecule has 0 radical (unpaired) electrons.